The van der Waals surface area contributed by atoms with Gasteiger partial charge in [0.2, 0.25) is 0 Å². The number of esters is 1. The van der Waals surface area contributed by atoms with E-state index in [1.165, 1.54) is 6.92 Å². The topological polar surface area (TPSA) is 87.8 Å². The summed E-state index contributed by atoms with van der Waals surface area (Å²) >= 11 is 0. The molecule has 0 heterocycles. The average Bonchev–Trinajstić information content (AvgIpc) is 1.35. The zero-order valence-electron chi connectivity index (χ0n) is 5.97. The molecule has 0 aliphatic rings. The Morgan fingerprint density at radius 1 is 1.56 bits per heavy atom. The zero-order chi connectivity index (χ0) is 4.99. The third-order valence-electron chi connectivity index (χ3n) is 0.348. The Kier molecular flexibility index (Phi) is 40.2. The first-order valence-electron chi connectivity index (χ1n) is 1.90. The zero-order valence-corrected chi connectivity index (χ0v) is 5.97. The molecule has 0 radical (unpaired) electrons. The molecule has 0 saturated carbocycles. The van der Waals surface area contributed by atoms with Gasteiger partial charge in [0.25, 0.3) is 0 Å². The van der Waals surface area contributed by atoms with Gasteiger partial charge in [-0.15, -0.1) is 0 Å². The van der Waals surface area contributed by atoms with Crippen LogP contribution in [0.2, 0.25) is 0 Å². The molecule has 52 valence electrons. The maximum absolute atomic E-state index is 9.82. The monoisotopic (exact) mass is 130 g/mol. The fourth-order valence-corrected chi connectivity index (χ4v) is 0.203. The van der Waals surface area contributed by atoms with Crippen molar-refractivity contribution in [2.45, 2.75) is 13.8 Å². The van der Waals surface area contributed by atoms with Gasteiger partial charge in [-0.25, -0.2) is 0 Å². The molecule has 0 atom stereocenters. The summed E-state index contributed by atoms with van der Waals surface area (Å²) in [6, 6.07) is 0. The Balaban J connectivity index is -0.0000000417. The summed E-state index contributed by atoms with van der Waals surface area (Å²) in [4.78, 5) is 9.82. The summed E-state index contributed by atoms with van der Waals surface area (Å²) in [6.45, 7) is 3.65. The van der Waals surface area contributed by atoms with E-state index < -0.39 is 0 Å². The Labute approximate surface area is 66.4 Å². The Morgan fingerprint density at radius 2 is 1.89 bits per heavy atom. The SMILES string of the molecule is CCOC(C)=O.O.[Li+].[OH-]. The van der Waals surface area contributed by atoms with E-state index in [1.54, 1.807) is 6.92 Å². The van der Waals surface area contributed by atoms with Crippen molar-refractivity contribution in [1.82, 2.24) is 0 Å². The molecule has 0 unspecified atom stereocenters. The molecule has 0 aromatic carbocycles. The van der Waals surface area contributed by atoms with Gasteiger partial charge < -0.3 is 15.7 Å². The standard InChI is InChI=1S/C4H8O2.Li.2H2O/c1-3-6-4(2)5;;;/h3H2,1-2H3;;2*1H2/q;+1;;/p-1. The molecule has 0 aliphatic heterocycles. The average molecular weight is 130 g/mol. The van der Waals surface area contributed by atoms with Crippen LogP contribution in [0.4, 0.5) is 0 Å². The van der Waals surface area contributed by atoms with Gasteiger partial charge >= 0.3 is 24.8 Å². The van der Waals surface area contributed by atoms with Crippen molar-refractivity contribution in [3.63, 3.8) is 0 Å². The molecular weight excluding hydrogens is 119 g/mol. The summed E-state index contributed by atoms with van der Waals surface area (Å²) in [7, 11) is 0. The van der Waals surface area contributed by atoms with Crippen molar-refractivity contribution >= 4 is 5.97 Å². The summed E-state index contributed by atoms with van der Waals surface area (Å²) in [6.07, 6.45) is 0. The van der Waals surface area contributed by atoms with Crippen molar-refractivity contribution in [2.75, 3.05) is 6.61 Å². The number of carbonyl (C=O) groups is 1. The molecule has 4 nitrogen and oxygen atoms in total. The molecule has 0 amide bonds. The predicted octanol–water partition coefficient (Wildman–Crippen LogP) is -3.43. The fraction of sp³-hybridized carbons (Fsp3) is 0.750. The van der Waals surface area contributed by atoms with Crippen LogP contribution in [0, 0.1) is 0 Å². The van der Waals surface area contributed by atoms with Crippen LogP contribution in [0.25, 0.3) is 0 Å². The van der Waals surface area contributed by atoms with E-state index in [2.05, 4.69) is 4.74 Å². The normalized spacial score (nSPS) is 5.11. The minimum Gasteiger partial charge on any atom is -0.870 e. The van der Waals surface area contributed by atoms with Crippen LogP contribution < -0.4 is 18.9 Å². The summed E-state index contributed by atoms with van der Waals surface area (Å²) in [5.74, 6) is -0.211. The van der Waals surface area contributed by atoms with Gasteiger partial charge in [-0.1, -0.05) is 0 Å². The molecule has 9 heavy (non-hydrogen) atoms. The Morgan fingerprint density at radius 3 is 1.89 bits per heavy atom. The summed E-state index contributed by atoms with van der Waals surface area (Å²) < 4.78 is 4.40. The first-order valence-corrected chi connectivity index (χ1v) is 1.90. The van der Waals surface area contributed by atoms with Crippen molar-refractivity contribution in [3.8, 4) is 0 Å². The molecule has 0 aliphatic carbocycles. The van der Waals surface area contributed by atoms with E-state index in [1.807, 2.05) is 0 Å². The van der Waals surface area contributed by atoms with Crippen LogP contribution in [0.3, 0.4) is 0 Å². The van der Waals surface area contributed by atoms with Crippen LogP contribution in [-0.4, -0.2) is 23.5 Å². The van der Waals surface area contributed by atoms with Gasteiger partial charge in [-0.2, -0.15) is 0 Å². The molecule has 0 aromatic heterocycles. The minimum absolute atomic E-state index is 0. The van der Waals surface area contributed by atoms with Crippen molar-refractivity contribution in [2.24, 2.45) is 0 Å². The van der Waals surface area contributed by atoms with E-state index >= 15 is 0 Å². The number of ether oxygens (including phenoxy) is 1. The number of hydrogen-bond donors (Lipinski definition) is 0. The van der Waals surface area contributed by atoms with Crippen molar-refractivity contribution < 1.29 is 39.3 Å². The molecular formula is C4H11LiO4. The van der Waals surface area contributed by atoms with E-state index in [4.69, 9.17) is 0 Å². The predicted molar refractivity (Wildman–Crippen MR) is 27.9 cm³/mol. The second-order valence-electron chi connectivity index (χ2n) is 0.925. The van der Waals surface area contributed by atoms with Crippen LogP contribution in [0.1, 0.15) is 13.8 Å². The smallest absolute Gasteiger partial charge is 0.870 e. The molecule has 0 aromatic rings. The summed E-state index contributed by atoms with van der Waals surface area (Å²) in [5.41, 5.74) is 0. The quantitative estimate of drug-likeness (QED) is 0.273. The van der Waals surface area contributed by atoms with E-state index in [-0.39, 0.29) is 35.8 Å². The first-order chi connectivity index (χ1) is 2.77. The Hall–Kier alpha value is -0.0126. The van der Waals surface area contributed by atoms with Gasteiger partial charge in [0, 0.05) is 6.92 Å². The van der Waals surface area contributed by atoms with Crippen LogP contribution >= 0.6 is 0 Å². The van der Waals surface area contributed by atoms with Gasteiger partial charge in [-0.3, -0.25) is 4.79 Å². The number of rotatable bonds is 1. The largest absolute Gasteiger partial charge is 1.00 e. The number of hydrogen-bond acceptors (Lipinski definition) is 3. The van der Waals surface area contributed by atoms with Crippen LogP contribution in [-0.2, 0) is 9.53 Å². The maximum Gasteiger partial charge on any atom is 1.00 e. The molecule has 0 spiro atoms. The van der Waals surface area contributed by atoms with Crippen LogP contribution in [0.5, 0.6) is 0 Å². The van der Waals surface area contributed by atoms with Crippen molar-refractivity contribution in [3.05, 3.63) is 0 Å². The van der Waals surface area contributed by atoms with E-state index in [0.29, 0.717) is 6.61 Å². The first kappa shape index (κ1) is 23.1. The molecule has 0 bridgehead atoms. The molecule has 0 saturated heterocycles. The van der Waals surface area contributed by atoms with E-state index in [9.17, 15) is 4.79 Å². The summed E-state index contributed by atoms with van der Waals surface area (Å²) in [5, 5.41) is 0. The third-order valence-corrected chi connectivity index (χ3v) is 0.348. The van der Waals surface area contributed by atoms with Gasteiger partial charge in [0.05, 0.1) is 6.61 Å². The maximum atomic E-state index is 9.82. The van der Waals surface area contributed by atoms with Crippen LogP contribution in [0.15, 0.2) is 0 Å². The third kappa shape index (κ3) is 32.1. The molecule has 0 rings (SSSR count). The molecule has 5 heteroatoms. The van der Waals surface area contributed by atoms with Gasteiger partial charge in [0.1, 0.15) is 0 Å². The molecule has 0 fully saturated rings. The fourth-order valence-electron chi connectivity index (χ4n) is 0.203. The second kappa shape index (κ2) is 15.7. The Bertz CT molecular complexity index is 56.5. The molecule has 3 N–H and O–H groups in total. The van der Waals surface area contributed by atoms with Crippen molar-refractivity contribution in [1.29, 1.82) is 0 Å². The minimum atomic E-state index is -0.211. The van der Waals surface area contributed by atoms with E-state index in [0.717, 1.165) is 0 Å². The van der Waals surface area contributed by atoms with Gasteiger partial charge in [0.15, 0.2) is 0 Å². The van der Waals surface area contributed by atoms with Gasteiger partial charge in [-0.05, 0) is 6.92 Å². The number of carbonyl (C=O) groups excluding carboxylic acids is 1. The second-order valence-corrected chi connectivity index (χ2v) is 0.925.